The van der Waals surface area contributed by atoms with E-state index in [4.69, 9.17) is 9.47 Å². The third-order valence-corrected chi connectivity index (χ3v) is 1.07. The van der Waals surface area contributed by atoms with Crippen molar-refractivity contribution < 1.29 is 13.9 Å². The van der Waals surface area contributed by atoms with Gasteiger partial charge in [-0.2, -0.15) is 0 Å². The number of ether oxygens (including phenoxy) is 2. The van der Waals surface area contributed by atoms with Crippen molar-refractivity contribution in [3.63, 3.8) is 0 Å². The van der Waals surface area contributed by atoms with E-state index in [1.54, 1.807) is 6.92 Å². The van der Waals surface area contributed by atoms with Gasteiger partial charge >= 0.3 is 0 Å². The zero-order valence-electron chi connectivity index (χ0n) is 4.76. The van der Waals surface area contributed by atoms with Gasteiger partial charge in [-0.15, -0.1) is 0 Å². The summed E-state index contributed by atoms with van der Waals surface area (Å²) in [5, 5.41) is 0. The molecule has 8 heavy (non-hydrogen) atoms. The molecule has 0 saturated carbocycles. The maximum absolute atomic E-state index is 11.7. The first-order valence-electron chi connectivity index (χ1n) is 2.66. The average Bonchev–Trinajstić information content (AvgIpc) is 2.14. The van der Waals surface area contributed by atoms with Crippen LogP contribution in [0.1, 0.15) is 6.92 Å². The first-order chi connectivity index (χ1) is 3.83. The molecule has 0 amide bonds. The van der Waals surface area contributed by atoms with Crippen LogP contribution >= 0.6 is 0 Å². The van der Waals surface area contributed by atoms with Crippen LogP contribution in [0.15, 0.2) is 0 Å². The second kappa shape index (κ2) is 2.42. The van der Waals surface area contributed by atoms with Gasteiger partial charge in [-0.25, -0.2) is 4.39 Å². The molecular formula is C5H9FO2. The Morgan fingerprint density at radius 2 is 2.50 bits per heavy atom. The fourth-order valence-corrected chi connectivity index (χ4v) is 0.673. The maximum Gasteiger partial charge on any atom is 0.155 e. The summed E-state index contributed by atoms with van der Waals surface area (Å²) in [7, 11) is 0. The van der Waals surface area contributed by atoms with Gasteiger partial charge in [0.2, 0.25) is 0 Å². The molecule has 0 bridgehead atoms. The molecule has 0 aliphatic carbocycles. The lowest BCUT2D eigenvalue weighted by Gasteiger charge is -2.00. The average molecular weight is 120 g/mol. The highest BCUT2D eigenvalue weighted by molar-refractivity contribution is 4.60. The Morgan fingerprint density at radius 3 is 2.75 bits per heavy atom. The normalized spacial score (nSPS) is 38.2. The van der Waals surface area contributed by atoms with E-state index in [0.29, 0.717) is 6.61 Å². The molecule has 0 N–H and O–H groups in total. The molecular weight excluding hydrogens is 111 g/mol. The van der Waals surface area contributed by atoms with Crippen molar-refractivity contribution in [1.82, 2.24) is 0 Å². The summed E-state index contributed by atoms with van der Waals surface area (Å²) >= 11 is 0. The van der Waals surface area contributed by atoms with E-state index in [2.05, 4.69) is 0 Å². The van der Waals surface area contributed by atoms with Gasteiger partial charge in [-0.05, 0) is 6.92 Å². The molecule has 48 valence electrons. The van der Waals surface area contributed by atoms with Crippen LogP contribution in [-0.4, -0.2) is 25.7 Å². The molecule has 2 atom stereocenters. The smallest absolute Gasteiger partial charge is 0.155 e. The summed E-state index contributed by atoms with van der Waals surface area (Å²) in [6, 6.07) is 0. The molecule has 0 radical (unpaired) electrons. The van der Waals surface area contributed by atoms with Crippen LogP contribution in [-0.2, 0) is 9.47 Å². The molecule has 0 aromatic carbocycles. The van der Waals surface area contributed by atoms with Crippen molar-refractivity contribution in [2.24, 2.45) is 0 Å². The van der Waals surface area contributed by atoms with E-state index in [-0.39, 0.29) is 12.4 Å². The zero-order valence-corrected chi connectivity index (χ0v) is 4.76. The molecule has 0 unspecified atom stereocenters. The van der Waals surface area contributed by atoms with Gasteiger partial charge in [0.05, 0.1) is 6.61 Å². The van der Waals surface area contributed by atoms with Crippen molar-refractivity contribution in [2.75, 3.05) is 13.3 Å². The van der Waals surface area contributed by atoms with Gasteiger partial charge in [-0.3, -0.25) is 0 Å². The number of alkyl halides is 1. The lowest BCUT2D eigenvalue weighted by Crippen LogP contribution is -2.12. The summed E-state index contributed by atoms with van der Waals surface area (Å²) < 4.78 is 21.5. The first kappa shape index (κ1) is 5.98. The van der Waals surface area contributed by atoms with E-state index in [1.807, 2.05) is 0 Å². The highest BCUT2D eigenvalue weighted by Gasteiger charge is 2.21. The Labute approximate surface area is 47.6 Å². The van der Waals surface area contributed by atoms with Crippen molar-refractivity contribution in [3.05, 3.63) is 0 Å². The highest BCUT2D eigenvalue weighted by Crippen LogP contribution is 2.09. The lowest BCUT2D eigenvalue weighted by atomic mass is 10.4. The van der Waals surface area contributed by atoms with Gasteiger partial charge in [0.15, 0.2) is 6.29 Å². The fourth-order valence-electron chi connectivity index (χ4n) is 0.673. The van der Waals surface area contributed by atoms with Crippen LogP contribution in [0.3, 0.4) is 0 Å². The molecule has 1 heterocycles. The minimum atomic E-state index is -0.440. The fraction of sp³-hybridized carbons (Fsp3) is 1.00. The van der Waals surface area contributed by atoms with Gasteiger partial charge < -0.3 is 9.47 Å². The first-order valence-corrected chi connectivity index (χ1v) is 2.66. The molecule has 1 fully saturated rings. The molecule has 2 nitrogen and oxygen atoms in total. The minimum absolute atomic E-state index is 0.212. The van der Waals surface area contributed by atoms with E-state index in [9.17, 15) is 4.39 Å². The molecule has 1 aliphatic heterocycles. The van der Waals surface area contributed by atoms with Gasteiger partial charge in [-0.1, -0.05) is 0 Å². The number of hydrogen-bond donors (Lipinski definition) is 0. The lowest BCUT2D eigenvalue weighted by molar-refractivity contribution is -0.0453. The highest BCUT2D eigenvalue weighted by atomic mass is 19.1. The van der Waals surface area contributed by atoms with Crippen molar-refractivity contribution in [1.29, 1.82) is 0 Å². The van der Waals surface area contributed by atoms with Crippen LogP contribution in [0.2, 0.25) is 0 Å². The molecule has 1 rings (SSSR count). The molecule has 1 saturated heterocycles. The van der Waals surface area contributed by atoms with Crippen LogP contribution in [0.25, 0.3) is 0 Å². The monoisotopic (exact) mass is 120 g/mol. The number of halogens is 1. The third kappa shape index (κ3) is 1.17. The van der Waals surface area contributed by atoms with Gasteiger partial charge in [0.25, 0.3) is 0 Å². The van der Waals surface area contributed by atoms with E-state index < -0.39 is 6.67 Å². The van der Waals surface area contributed by atoms with Crippen molar-refractivity contribution in [2.45, 2.75) is 19.3 Å². The van der Waals surface area contributed by atoms with Gasteiger partial charge in [0.1, 0.15) is 12.8 Å². The summed E-state index contributed by atoms with van der Waals surface area (Å²) in [5.74, 6) is 0. The van der Waals surface area contributed by atoms with E-state index in [0.717, 1.165) is 0 Å². The Kier molecular flexibility index (Phi) is 1.81. The Morgan fingerprint density at radius 1 is 1.75 bits per heavy atom. The summed E-state index contributed by atoms with van der Waals surface area (Å²) in [6.07, 6.45) is -0.527. The standard InChI is InChI=1S/C5H9FO2/c1-4-7-3-5(2-6)8-4/h4-5H,2-3H2,1H3/t4-,5-/m0/s1. The predicted molar refractivity (Wildman–Crippen MR) is 26.3 cm³/mol. The Bertz CT molecular complexity index is 76.8. The van der Waals surface area contributed by atoms with Crippen molar-refractivity contribution >= 4 is 0 Å². The SMILES string of the molecule is C[C@H]1OC[C@H](CF)O1. The van der Waals surface area contributed by atoms with Crippen molar-refractivity contribution in [3.8, 4) is 0 Å². The molecule has 1 aliphatic rings. The van der Waals surface area contributed by atoms with Crippen LogP contribution in [0.5, 0.6) is 0 Å². The molecule has 0 spiro atoms. The Balaban J connectivity index is 2.22. The summed E-state index contributed by atoms with van der Waals surface area (Å²) in [6.45, 7) is 1.72. The topological polar surface area (TPSA) is 18.5 Å². The number of hydrogen-bond acceptors (Lipinski definition) is 2. The Hall–Kier alpha value is -0.150. The molecule has 3 heteroatoms. The molecule has 0 aromatic heterocycles. The third-order valence-electron chi connectivity index (χ3n) is 1.07. The van der Waals surface area contributed by atoms with E-state index >= 15 is 0 Å². The maximum atomic E-state index is 11.7. The zero-order chi connectivity index (χ0) is 5.98. The minimum Gasteiger partial charge on any atom is -0.350 e. The molecule has 0 aromatic rings. The van der Waals surface area contributed by atoms with E-state index in [1.165, 1.54) is 0 Å². The summed E-state index contributed by atoms with van der Waals surface area (Å²) in [5.41, 5.74) is 0. The second-order valence-electron chi connectivity index (χ2n) is 1.81. The predicted octanol–water partition coefficient (Wildman–Crippen LogP) is 0.717. The summed E-state index contributed by atoms with van der Waals surface area (Å²) in [4.78, 5) is 0. The second-order valence-corrected chi connectivity index (χ2v) is 1.81. The number of rotatable bonds is 1. The largest absolute Gasteiger partial charge is 0.350 e. The van der Waals surface area contributed by atoms with Crippen LogP contribution in [0.4, 0.5) is 4.39 Å². The van der Waals surface area contributed by atoms with Crippen LogP contribution < -0.4 is 0 Å². The van der Waals surface area contributed by atoms with Crippen LogP contribution in [0, 0.1) is 0 Å². The quantitative estimate of drug-likeness (QED) is 0.507. The van der Waals surface area contributed by atoms with Gasteiger partial charge in [0, 0.05) is 0 Å².